The van der Waals surface area contributed by atoms with Crippen LogP contribution in [0, 0.1) is 6.92 Å². The Morgan fingerprint density at radius 3 is 2.38 bits per heavy atom. The molecule has 2 N–H and O–H groups in total. The SMILES string of the molecule is C=CS(=O)(=O)c1c(CCC)c(O)c2c(C)c(Cc3ccc(OC)cc3)oc2c1O. The number of sulfone groups is 1. The molecule has 0 unspecified atom stereocenters. The molecule has 2 aromatic carbocycles. The summed E-state index contributed by atoms with van der Waals surface area (Å²) in [4.78, 5) is -0.343. The fourth-order valence-corrected chi connectivity index (χ4v) is 4.56. The summed E-state index contributed by atoms with van der Waals surface area (Å²) < 4.78 is 36.0. The van der Waals surface area contributed by atoms with E-state index in [0.717, 1.165) is 16.7 Å². The maximum absolute atomic E-state index is 12.5. The molecule has 0 saturated heterocycles. The van der Waals surface area contributed by atoms with Crippen molar-refractivity contribution in [3.8, 4) is 17.2 Å². The molecule has 0 amide bonds. The van der Waals surface area contributed by atoms with Crippen LogP contribution in [-0.4, -0.2) is 25.7 Å². The summed E-state index contributed by atoms with van der Waals surface area (Å²) in [6.45, 7) is 6.97. The van der Waals surface area contributed by atoms with Gasteiger partial charge in [-0.25, -0.2) is 8.42 Å². The van der Waals surface area contributed by atoms with Crippen molar-refractivity contribution in [3.63, 3.8) is 0 Å². The summed E-state index contributed by atoms with van der Waals surface area (Å²) in [5, 5.41) is 22.8. The van der Waals surface area contributed by atoms with Crippen LogP contribution in [0.3, 0.4) is 0 Å². The van der Waals surface area contributed by atoms with E-state index in [4.69, 9.17) is 9.15 Å². The zero-order valence-electron chi connectivity index (χ0n) is 16.7. The molecule has 0 atom stereocenters. The normalized spacial score (nSPS) is 11.7. The fourth-order valence-electron chi connectivity index (χ4n) is 3.49. The average molecular weight is 416 g/mol. The van der Waals surface area contributed by atoms with E-state index < -0.39 is 15.6 Å². The minimum atomic E-state index is -3.99. The van der Waals surface area contributed by atoms with Gasteiger partial charge >= 0.3 is 0 Å². The van der Waals surface area contributed by atoms with Crippen molar-refractivity contribution in [3.05, 3.63) is 58.7 Å². The van der Waals surface area contributed by atoms with Gasteiger partial charge in [0, 0.05) is 23.0 Å². The van der Waals surface area contributed by atoms with Crippen molar-refractivity contribution in [2.24, 2.45) is 0 Å². The summed E-state index contributed by atoms with van der Waals surface area (Å²) in [5.41, 5.74) is 1.74. The smallest absolute Gasteiger partial charge is 0.203 e. The van der Waals surface area contributed by atoms with Crippen LogP contribution < -0.4 is 4.74 Å². The van der Waals surface area contributed by atoms with Gasteiger partial charge in [0.1, 0.15) is 22.2 Å². The first-order valence-corrected chi connectivity index (χ1v) is 10.8. The molecule has 0 saturated carbocycles. The number of hydrogen-bond donors (Lipinski definition) is 2. The van der Waals surface area contributed by atoms with Crippen LogP contribution in [0.2, 0.25) is 0 Å². The first-order chi connectivity index (χ1) is 13.7. The highest BCUT2D eigenvalue weighted by molar-refractivity contribution is 7.94. The highest BCUT2D eigenvalue weighted by Gasteiger charge is 2.30. The summed E-state index contributed by atoms with van der Waals surface area (Å²) in [6.07, 6.45) is 1.29. The van der Waals surface area contributed by atoms with Crippen molar-refractivity contribution in [2.45, 2.75) is 38.0 Å². The van der Waals surface area contributed by atoms with Crippen molar-refractivity contribution in [1.82, 2.24) is 0 Å². The predicted octanol–water partition coefficient (Wildman–Crippen LogP) is 4.62. The molecule has 7 heteroatoms. The average Bonchev–Trinajstić information content (AvgIpc) is 3.03. The zero-order valence-corrected chi connectivity index (χ0v) is 17.5. The third kappa shape index (κ3) is 3.58. The Bertz CT molecular complexity index is 1170. The third-order valence-electron chi connectivity index (χ3n) is 5.00. The van der Waals surface area contributed by atoms with Gasteiger partial charge in [0.2, 0.25) is 9.84 Å². The topological polar surface area (TPSA) is 97.0 Å². The molecule has 1 heterocycles. The van der Waals surface area contributed by atoms with Crippen LogP contribution >= 0.6 is 0 Å². The van der Waals surface area contributed by atoms with Gasteiger partial charge in [-0.1, -0.05) is 32.1 Å². The largest absolute Gasteiger partial charge is 0.507 e. The van der Waals surface area contributed by atoms with E-state index in [1.807, 2.05) is 31.2 Å². The van der Waals surface area contributed by atoms with Crippen molar-refractivity contribution < 1.29 is 27.8 Å². The monoisotopic (exact) mass is 416 g/mol. The molecule has 154 valence electrons. The van der Waals surface area contributed by atoms with Crippen LogP contribution in [0.25, 0.3) is 11.0 Å². The van der Waals surface area contributed by atoms with Crippen molar-refractivity contribution in [2.75, 3.05) is 7.11 Å². The van der Waals surface area contributed by atoms with Gasteiger partial charge < -0.3 is 19.4 Å². The highest BCUT2D eigenvalue weighted by atomic mass is 32.2. The first kappa shape index (κ1) is 20.8. The number of aryl methyl sites for hydroxylation is 1. The Kier molecular flexibility index (Phi) is 5.61. The second-order valence-electron chi connectivity index (χ2n) is 6.85. The molecule has 3 aromatic rings. The number of ether oxygens (including phenoxy) is 1. The molecule has 0 bridgehead atoms. The van der Waals surface area contributed by atoms with Crippen LogP contribution in [0.4, 0.5) is 0 Å². The van der Waals surface area contributed by atoms with E-state index >= 15 is 0 Å². The van der Waals surface area contributed by atoms with Crippen molar-refractivity contribution in [1.29, 1.82) is 0 Å². The third-order valence-corrected chi connectivity index (χ3v) is 6.45. The van der Waals surface area contributed by atoms with Crippen LogP contribution in [0.5, 0.6) is 17.2 Å². The maximum Gasteiger partial charge on any atom is 0.203 e. The van der Waals surface area contributed by atoms with E-state index in [1.54, 1.807) is 14.0 Å². The van der Waals surface area contributed by atoms with Crippen LogP contribution in [-0.2, 0) is 22.7 Å². The Morgan fingerprint density at radius 1 is 1.17 bits per heavy atom. The molecule has 0 spiro atoms. The second-order valence-corrected chi connectivity index (χ2v) is 8.68. The van der Waals surface area contributed by atoms with Gasteiger partial charge in [-0.15, -0.1) is 0 Å². The van der Waals surface area contributed by atoms with Crippen molar-refractivity contribution >= 4 is 20.8 Å². The Hall–Kier alpha value is -2.93. The summed E-state index contributed by atoms with van der Waals surface area (Å²) in [6, 6.07) is 7.44. The standard InChI is InChI=1S/C22H24O6S/c1-5-7-16-19(23)18-13(3)17(12-14-8-10-15(27-4)11-9-14)28-21(18)20(24)22(16)29(25,26)6-2/h6,8-11,23-24H,2,5,7,12H2,1,3-4H3. The van der Waals surface area contributed by atoms with Gasteiger partial charge in [0.15, 0.2) is 11.3 Å². The number of phenolic OH excluding ortho intramolecular Hbond substituents is 2. The lowest BCUT2D eigenvalue weighted by atomic mass is 10.0. The molecule has 3 rings (SSSR count). The number of benzene rings is 2. The molecule has 0 radical (unpaired) electrons. The lowest BCUT2D eigenvalue weighted by Gasteiger charge is -2.13. The molecule has 0 aliphatic rings. The summed E-state index contributed by atoms with van der Waals surface area (Å²) >= 11 is 0. The molecular formula is C22H24O6S. The number of fused-ring (bicyclic) bond motifs is 1. The number of furan rings is 1. The lowest BCUT2D eigenvalue weighted by molar-refractivity contribution is 0.414. The minimum Gasteiger partial charge on any atom is -0.507 e. The number of methoxy groups -OCH3 is 1. The fraction of sp³-hybridized carbons (Fsp3) is 0.273. The Labute approximate surface area is 170 Å². The van der Waals surface area contributed by atoms with E-state index in [0.29, 0.717) is 29.6 Å². The maximum atomic E-state index is 12.5. The van der Waals surface area contributed by atoms with E-state index in [2.05, 4.69) is 6.58 Å². The van der Waals surface area contributed by atoms with Gasteiger partial charge in [0.25, 0.3) is 0 Å². The Morgan fingerprint density at radius 2 is 1.83 bits per heavy atom. The molecule has 6 nitrogen and oxygen atoms in total. The number of hydrogen-bond acceptors (Lipinski definition) is 6. The van der Waals surface area contributed by atoms with Gasteiger partial charge in [-0.3, -0.25) is 0 Å². The second kappa shape index (κ2) is 7.83. The molecule has 0 fully saturated rings. The predicted molar refractivity (Wildman–Crippen MR) is 111 cm³/mol. The molecule has 29 heavy (non-hydrogen) atoms. The number of aromatic hydroxyl groups is 2. The molecule has 0 aliphatic heterocycles. The number of rotatable bonds is 7. The molecule has 1 aromatic heterocycles. The minimum absolute atomic E-state index is 0.0382. The lowest BCUT2D eigenvalue weighted by Crippen LogP contribution is -2.03. The van der Waals surface area contributed by atoms with Gasteiger partial charge in [-0.05, 0) is 31.0 Å². The van der Waals surface area contributed by atoms with E-state index in [9.17, 15) is 18.6 Å². The first-order valence-electron chi connectivity index (χ1n) is 9.24. The molecular weight excluding hydrogens is 392 g/mol. The van der Waals surface area contributed by atoms with E-state index in [-0.39, 0.29) is 28.2 Å². The quantitative estimate of drug-likeness (QED) is 0.546. The van der Waals surface area contributed by atoms with Crippen LogP contribution in [0.1, 0.15) is 35.8 Å². The highest BCUT2D eigenvalue weighted by Crippen LogP contribution is 2.46. The molecule has 0 aliphatic carbocycles. The van der Waals surface area contributed by atoms with Crippen LogP contribution in [0.15, 0.2) is 45.6 Å². The van der Waals surface area contributed by atoms with E-state index in [1.165, 1.54) is 0 Å². The zero-order chi connectivity index (χ0) is 21.3. The number of phenols is 2. The van der Waals surface area contributed by atoms with Gasteiger partial charge in [-0.2, -0.15) is 0 Å². The summed E-state index contributed by atoms with van der Waals surface area (Å²) in [5.74, 6) is 0.591. The van der Waals surface area contributed by atoms with Gasteiger partial charge in [0.05, 0.1) is 12.5 Å². The summed E-state index contributed by atoms with van der Waals surface area (Å²) in [7, 11) is -2.40. The Balaban J connectivity index is 2.24.